The van der Waals surface area contributed by atoms with Crippen molar-refractivity contribution in [2.75, 3.05) is 6.26 Å². The number of carbonyl (C=O) groups is 1. The molecule has 0 saturated heterocycles. The fourth-order valence-corrected chi connectivity index (χ4v) is 1.57. The molecule has 0 bridgehead atoms. The number of benzene rings is 1. The van der Waals surface area contributed by atoms with Crippen molar-refractivity contribution in [1.29, 1.82) is 0 Å². The maximum absolute atomic E-state index is 11.3. The van der Waals surface area contributed by atoms with Crippen molar-refractivity contribution in [3.05, 3.63) is 35.4 Å². The number of ketones is 1. The Hall–Kier alpha value is -1.38. The van der Waals surface area contributed by atoms with Gasteiger partial charge in [0.05, 0.1) is 0 Å². The largest absolute Gasteiger partial charge is 0.361 e. The minimum absolute atomic E-state index is 0.285. The average Bonchev–Trinajstić information content (AvgIpc) is 2.18. The van der Waals surface area contributed by atoms with E-state index in [-0.39, 0.29) is 5.78 Å². The topological polar surface area (TPSA) is 53.5 Å². The van der Waals surface area contributed by atoms with Crippen molar-refractivity contribution in [3.8, 4) is 0 Å². The van der Waals surface area contributed by atoms with E-state index in [2.05, 4.69) is 4.79 Å². The lowest BCUT2D eigenvalue weighted by atomic mass is 10.1. The fraction of sp³-hybridized carbons (Fsp3) is 0.111. The van der Waals surface area contributed by atoms with Crippen LogP contribution in [0.25, 0.3) is 5.53 Å². The maximum atomic E-state index is 11.3. The minimum Gasteiger partial charge on any atom is -0.361 e. The zero-order valence-corrected chi connectivity index (χ0v) is 7.91. The number of hydrogen-bond donors (Lipinski definition) is 0. The molecule has 4 heteroatoms. The van der Waals surface area contributed by atoms with Gasteiger partial charge in [0.25, 0.3) is 5.78 Å². The highest BCUT2D eigenvalue weighted by atomic mass is 32.2. The normalized spacial score (nSPS) is 9.00. The van der Waals surface area contributed by atoms with Crippen LogP contribution in [0.15, 0.2) is 29.2 Å². The molecule has 66 valence electrons. The van der Waals surface area contributed by atoms with Crippen LogP contribution in [0.1, 0.15) is 10.4 Å². The van der Waals surface area contributed by atoms with E-state index in [9.17, 15) is 4.79 Å². The molecule has 0 unspecified atom stereocenters. The molecule has 0 aliphatic rings. The number of thioether (sulfide) groups is 1. The Morgan fingerprint density at radius 3 is 2.85 bits per heavy atom. The lowest BCUT2D eigenvalue weighted by molar-refractivity contribution is 0.00232. The number of hydrogen-bond acceptors (Lipinski definition) is 2. The molecule has 0 fully saturated rings. The molecule has 0 aliphatic carbocycles. The lowest BCUT2D eigenvalue weighted by Crippen LogP contribution is -2.02. The van der Waals surface area contributed by atoms with Crippen LogP contribution in [0.4, 0.5) is 0 Å². The first kappa shape index (κ1) is 9.71. The third-order valence-corrected chi connectivity index (χ3v) is 2.34. The van der Waals surface area contributed by atoms with E-state index in [0.29, 0.717) is 5.56 Å². The van der Waals surface area contributed by atoms with Gasteiger partial charge in [0.15, 0.2) is 0 Å². The molecule has 1 rings (SSSR count). The van der Waals surface area contributed by atoms with Gasteiger partial charge in [-0.05, 0) is 18.4 Å². The van der Waals surface area contributed by atoms with Crippen LogP contribution in [0.5, 0.6) is 0 Å². The quantitative estimate of drug-likeness (QED) is 0.241. The fourth-order valence-electron chi connectivity index (χ4n) is 0.970. The number of rotatable bonds is 3. The Morgan fingerprint density at radius 2 is 2.23 bits per heavy atom. The summed E-state index contributed by atoms with van der Waals surface area (Å²) in [6.07, 6.45) is 2.79. The number of nitrogens with zero attached hydrogens (tertiary/aromatic N) is 2. The molecule has 1 aromatic carbocycles. The van der Waals surface area contributed by atoms with E-state index in [1.54, 1.807) is 12.1 Å². The molecule has 0 aliphatic heterocycles. The molecule has 0 atom stereocenters. The Bertz CT molecular complexity index is 370. The van der Waals surface area contributed by atoms with Crippen LogP contribution in [-0.2, 0) is 0 Å². The van der Waals surface area contributed by atoms with Crippen LogP contribution in [-0.4, -0.2) is 23.0 Å². The van der Waals surface area contributed by atoms with Gasteiger partial charge in [-0.3, -0.25) is 4.79 Å². The molecule has 0 saturated carbocycles. The molecule has 0 aromatic heterocycles. The summed E-state index contributed by atoms with van der Waals surface area (Å²) in [7, 11) is 0. The van der Waals surface area contributed by atoms with Crippen LogP contribution >= 0.6 is 11.8 Å². The summed E-state index contributed by atoms with van der Waals surface area (Å²) in [6, 6.07) is 7.19. The van der Waals surface area contributed by atoms with E-state index in [4.69, 9.17) is 5.53 Å². The Kier molecular flexibility index (Phi) is 3.43. The third kappa shape index (κ3) is 2.28. The summed E-state index contributed by atoms with van der Waals surface area (Å²) in [4.78, 5) is 14.9. The molecular weight excluding hydrogens is 184 g/mol. The highest BCUT2D eigenvalue weighted by Gasteiger charge is 2.10. The Balaban J connectivity index is 3.12. The summed E-state index contributed by atoms with van der Waals surface area (Å²) >= 11 is 1.49. The van der Waals surface area contributed by atoms with Gasteiger partial charge in [-0.15, -0.1) is 11.8 Å². The molecule has 13 heavy (non-hydrogen) atoms. The predicted molar refractivity (Wildman–Crippen MR) is 52.2 cm³/mol. The Labute approximate surface area is 80.4 Å². The summed E-state index contributed by atoms with van der Waals surface area (Å²) < 4.78 is 0. The first-order valence-corrected chi connectivity index (χ1v) is 4.87. The second kappa shape index (κ2) is 4.60. The van der Waals surface area contributed by atoms with Crippen LogP contribution < -0.4 is 0 Å². The molecule has 0 spiro atoms. The van der Waals surface area contributed by atoms with Gasteiger partial charge in [-0.25, -0.2) is 0 Å². The van der Waals surface area contributed by atoms with Gasteiger partial charge in [0, 0.05) is 10.5 Å². The molecule has 1 aromatic rings. The van der Waals surface area contributed by atoms with Crippen LogP contribution in [0.2, 0.25) is 0 Å². The van der Waals surface area contributed by atoms with Gasteiger partial charge < -0.3 is 5.53 Å². The van der Waals surface area contributed by atoms with E-state index in [1.807, 2.05) is 18.4 Å². The number of Topliss-reactive ketones (excluding diaryl/α,β-unsaturated/α-hetero) is 1. The molecule has 0 heterocycles. The zero-order chi connectivity index (χ0) is 9.68. The average molecular weight is 192 g/mol. The minimum atomic E-state index is -0.285. The Morgan fingerprint density at radius 1 is 1.54 bits per heavy atom. The zero-order valence-electron chi connectivity index (χ0n) is 7.10. The predicted octanol–water partition coefficient (Wildman–Crippen LogP) is 1.89. The maximum Gasteiger partial charge on any atom is 0.328 e. The van der Waals surface area contributed by atoms with Gasteiger partial charge >= 0.3 is 6.21 Å². The summed E-state index contributed by atoms with van der Waals surface area (Å²) in [6.45, 7) is 0. The van der Waals surface area contributed by atoms with E-state index in [1.165, 1.54) is 11.8 Å². The van der Waals surface area contributed by atoms with Gasteiger partial charge in [-0.2, -0.15) is 4.79 Å². The van der Waals surface area contributed by atoms with Crippen molar-refractivity contribution < 1.29 is 9.58 Å². The highest BCUT2D eigenvalue weighted by molar-refractivity contribution is 7.98. The monoisotopic (exact) mass is 192 g/mol. The summed E-state index contributed by atoms with van der Waals surface area (Å²) in [5.41, 5.74) is 8.77. The molecular formula is C9H8N2OS. The lowest BCUT2D eigenvalue weighted by Gasteiger charge is -1.99. The SMILES string of the molecule is CSc1ccccc1C(=O)C=[N+]=[N-]. The van der Waals surface area contributed by atoms with E-state index < -0.39 is 0 Å². The summed E-state index contributed by atoms with van der Waals surface area (Å²) in [5.74, 6) is -0.285. The first-order chi connectivity index (χ1) is 6.29. The number of carbonyl (C=O) groups excluding carboxylic acids is 1. The van der Waals surface area contributed by atoms with Crippen molar-refractivity contribution in [3.63, 3.8) is 0 Å². The van der Waals surface area contributed by atoms with Crippen molar-refractivity contribution in [1.82, 2.24) is 0 Å². The van der Waals surface area contributed by atoms with Gasteiger partial charge in [0.1, 0.15) is 0 Å². The van der Waals surface area contributed by atoms with Crippen molar-refractivity contribution in [2.45, 2.75) is 4.90 Å². The molecule has 0 amide bonds. The second-order valence-electron chi connectivity index (χ2n) is 2.31. The van der Waals surface area contributed by atoms with E-state index >= 15 is 0 Å². The van der Waals surface area contributed by atoms with Crippen molar-refractivity contribution >= 4 is 23.8 Å². The second-order valence-corrected chi connectivity index (χ2v) is 3.16. The third-order valence-electron chi connectivity index (χ3n) is 1.55. The van der Waals surface area contributed by atoms with Gasteiger partial charge in [-0.1, -0.05) is 12.1 Å². The molecule has 3 nitrogen and oxygen atoms in total. The molecule has 0 N–H and O–H groups in total. The van der Waals surface area contributed by atoms with Crippen LogP contribution in [0.3, 0.4) is 0 Å². The van der Waals surface area contributed by atoms with Crippen molar-refractivity contribution in [2.24, 2.45) is 0 Å². The van der Waals surface area contributed by atoms with Gasteiger partial charge in [0.2, 0.25) is 0 Å². The highest BCUT2D eigenvalue weighted by Crippen LogP contribution is 2.19. The smallest absolute Gasteiger partial charge is 0.328 e. The van der Waals surface area contributed by atoms with E-state index in [0.717, 1.165) is 11.1 Å². The standard InChI is InChI=1S/C9H8N2OS/c1-13-9-5-3-2-4-7(9)8(12)6-11-10/h2-6H,1H3. The summed E-state index contributed by atoms with van der Waals surface area (Å²) in [5, 5.41) is 0. The molecule has 0 radical (unpaired) electrons. The van der Waals surface area contributed by atoms with Crippen LogP contribution in [0, 0.1) is 0 Å². The first-order valence-electron chi connectivity index (χ1n) is 3.64.